The molecule has 0 aliphatic heterocycles. The lowest BCUT2D eigenvalue weighted by Gasteiger charge is -2.15. The lowest BCUT2D eigenvalue weighted by Crippen LogP contribution is -2.18. The Morgan fingerprint density at radius 2 is 1.81 bits per heavy atom. The van der Waals surface area contributed by atoms with Crippen molar-refractivity contribution in [3.63, 3.8) is 0 Å². The van der Waals surface area contributed by atoms with Crippen LogP contribution in [-0.2, 0) is 11.0 Å². The van der Waals surface area contributed by atoms with E-state index in [1.807, 2.05) is 0 Å². The van der Waals surface area contributed by atoms with Crippen molar-refractivity contribution in [3.05, 3.63) is 63.7 Å². The smallest absolute Gasteiger partial charge is 0.420 e. The molecule has 1 amide bonds. The standard InChI is InChI=1S/C16H11F3N2O5/c1-9(22)26-14-12(6-3-7-13(14)16(17,18)19)15(23)20-10-4-2-5-11(8-10)21(24)25/h2-8H,1H3,(H,20,23). The first-order chi connectivity index (χ1) is 12.1. The van der Waals surface area contributed by atoms with E-state index in [1.54, 1.807) is 0 Å². The molecule has 7 nitrogen and oxygen atoms in total. The zero-order valence-corrected chi connectivity index (χ0v) is 13.2. The number of nitrogens with zero attached hydrogens (tertiary/aromatic N) is 1. The number of carbonyl (C=O) groups is 2. The molecule has 0 fully saturated rings. The van der Waals surface area contributed by atoms with Gasteiger partial charge < -0.3 is 10.1 Å². The highest BCUT2D eigenvalue weighted by atomic mass is 19.4. The Morgan fingerprint density at radius 3 is 2.38 bits per heavy atom. The maximum Gasteiger partial charge on any atom is 0.420 e. The summed E-state index contributed by atoms with van der Waals surface area (Å²) in [4.78, 5) is 33.5. The number of amides is 1. The first-order valence-electron chi connectivity index (χ1n) is 7.04. The normalized spacial score (nSPS) is 10.9. The van der Waals surface area contributed by atoms with Crippen LogP contribution in [0.1, 0.15) is 22.8 Å². The SMILES string of the molecule is CC(=O)Oc1c(C(=O)Nc2cccc([N+](=O)[O-])c2)cccc1C(F)(F)F. The number of nitro groups is 1. The van der Waals surface area contributed by atoms with Crippen molar-refractivity contribution in [1.29, 1.82) is 0 Å². The number of nitro benzene ring substituents is 1. The molecule has 0 heterocycles. The minimum Gasteiger partial charge on any atom is -0.425 e. The Balaban J connectivity index is 2.44. The van der Waals surface area contributed by atoms with E-state index in [1.165, 1.54) is 18.2 Å². The van der Waals surface area contributed by atoms with Crippen LogP contribution in [0.15, 0.2) is 42.5 Å². The van der Waals surface area contributed by atoms with Crippen molar-refractivity contribution in [2.75, 3.05) is 5.32 Å². The Kier molecular flexibility index (Phi) is 5.24. The van der Waals surface area contributed by atoms with Gasteiger partial charge in [0.1, 0.15) is 0 Å². The molecule has 26 heavy (non-hydrogen) atoms. The molecule has 0 atom stereocenters. The third kappa shape index (κ3) is 4.35. The minimum absolute atomic E-state index is 0.00427. The van der Waals surface area contributed by atoms with Gasteiger partial charge in [-0.25, -0.2) is 0 Å². The summed E-state index contributed by atoms with van der Waals surface area (Å²) in [6, 6.07) is 7.54. The predicted octanol–water partition coefficient (Wildman–Crippen LogP) is 3.79. The third-order valence-electron chi connectivity index (χ3n) is 3.13. The summed E-state index contributed by atoms with van der Waals surface area (Å²) in [5, 5.41) is 13.0. The van der Waals surface area contributed by atoms with Crippen LogP contribution in [0.5, 0.6) is 5.75 Å². The molecule has 10 heteroatoms. The highest BCUT2D eigenvalue weighted by Crippen LogP contribution is 2.38. The molecule has 2 rings (SSSR count). The van der Waals surface area contributed by atoms with E-state index in [2.05, 4.69) is 10.1 Å². The van der Waals surface area contributed by atoms with E-state index >= 15 is 0 Å². The number of alkyl halides is 3. The highest BCUT2D eigenvalue weighted by Gasteiger charge is 2.37. The van der Waals surface area contributed by atoms with Crippen LogP contribution in [0.2, 0.25) is 0 Å². The first-order valence-corrected chi connectivity index (χ1v) is 7.04. The van der Waals surface area contributed by atoms with Gasteiger partial charge in [0.25, 0.3) is 11.6 Å². The van der Waals surface area contributed by atoms with Crippen LogP contribution in [0.25, 0.3) is 0 Å². The maximum atomic E-state index is 13.1. The quantitative estimate of drug-likeness (QED) is 0.383. The van der Waals surface area contributed by atoms with Gasteiger partial charge in [-0.1, -0.05) is 12.1 Å². The van der Waals surface area contributed by atoms with Gasteiger partial charge in [0.15, 0.2) is 5.75 Å². The number of anilines is 1. The van der Waals surface area contributed by atoms with Gasteiger partial charge in [-0.15, -0.1) is 0 Å². The molecule has 0 unspecified atom stereocenters. The number of esters is 1. The maximum absolute atomic E-state index is 13.1. The summed E-state index contributed by atoms with van der Waals surface area (Å²) in [6.07, 6.45) is -4.85. The Bertz CT molecular complexity index is 880. The van der Waals surface area contributed by atoms with Crippen LogP contribution < -0.4 is 10.1 Å². The van der Waals surface area contributed by atoms with E-state index in [0.29, 0.717) is 6.07 Å². The van der Waals surface area contributed by atoms with Crippen molar-refractivity contribution in [2.45, 2.75) is 13.1 Å². The number of non-ortho nitro benzene ring substituents is 1. The number of halogens is 3. The third-order valence-corrected chi connectivity index (χ3v) is 3.13. The average Bonchev–Trinajstić information content (AvgIpc) is 2.53. The van der Waals surface area contributed by atoms with Crippen molar-refractivity contribution in [3.8, 4) is 5.75 Å². The summed E-state index contributed by atoms with van der Waals surface area (Å²) >= 11 is 0. The topological polar surface area (TPSA) is 98.5 Å². The predicted molar refractivity (Wildman–Crippen MR) is 83.8 cm³/mol. The molecule has 0 aliphatic rings. The number of nitrogens with one attached hydrogen (secondary N) is 1. The molecule has 0 saturated heterocycles. The van der Waals surface area contributed by atoms with E-state index in [4.69, 9.17) is 0 Å². The summed E-state index contributed by atoms with van der Waals surface area (Å²) < 4.78 is 43.9. The Hall–Kier alpha value is -3.43. The van der Waals surface area contributed by atoms with E-state index in [0.717, 1.165) is 25.1 Å². The fraction of sp³-hybridized carbons (Fsp3) is 0.125. The van der Waals surface area contributed by atoms with E-state index in [-0.39, 0.29) is 11.4 Å². The monoisotopic (exact) mass is 368 g/mol. The van der Waals surface area contributed by atoms with Gasteiger partial charge in [0.2, 0.25) is 0 Å². The fourth-order valence-electron chi connectivity index (χ4n) is 2.09. The second-order valence-corrected chi connectivity index (χ2v) is 5.04. The van der Waals surface area contributed by atoms with Gasteiger partial charge in [-0.2, -0.15) is 13.2 Å². The van der Waals surface area contributed by atoms with Crippen molar-refractivity contribution < 1.29 is 32.4 Å². The van der Waals surface area contributed by atoms with Gasteiger partial charge >= 0.3 is 12.1 Å². The van der Waals surface area contributed by atoms with Gasteiger partial charge in [-0.05, 0) is 18.2 Å². The molecule has 136 valence electrons. The fourth-order valence-corrected chi connectivity index (χ4v) is 2.09. The largest absolute Gasteiger partial charge is 0.425 e. The molecule has 0 radical (unpaired) electrons. The van der Waals surface area contributed by atoms with E-state index < -0.39 is 39.9 Å². The molecule has 0 spiro atoms. The summed E-state index contributed by atoms with van der Waals surface area (Å²) in [7, 11) is 0. The lowest BCUT2D eigenvalue weighted by atomic mass is 10.1. The molecule has 1 N–H and O–H groups in total. The number of rotatable bonds is 4. The molecule has 2 aromatic carbocycles. The van der Waals surface area contributed by atoms with Gasteiger partial charge in [0, 0.05) is 24.7 Å². The Morgan fingerprint density at radius 1 is 1.15 bits per heavy atom. The number of carbonyl (C=O) groups excluding carboxylic acids is 2. The highest BCUT2D eigenvalue weighted by molar-refractivity contribution is 6.07. The molecular formula is C16H11F3N2O5. The number of hydrogen-bond acceptors (Lipinski definition) is 5. The average molecular weight is 368 g/mol. The Labute approximate surface area is 144 Å². The summed E-state index contributed by atoms with van der Waals surface area (Å²) in [5.74, 6) is -2.99. The second kappa shape index (κ2) is 7.21. The first kappa shape index (κ1) is 18.9. The van der Waals surface area contributed by atoms with Crippen molar-refractivity contribution >= 4 is 23.3 Å². The lowest BCUT2D eigenvalue weighted by molar-refractivity contribution is -0.384. The minimum atomic E-state index is -4.85. The molecular weight excluding hydrogens is 357 g/mol. The molecule has 0 aromatic heterocycles. The number of para-hydroxylation sites is 1. The number of ether oxygens (including phenoxy) is 1. The molecule has 2 aromatic rings. The van der Waals surface area contributed by atoms with Crippen LogP contribution >= 0.6 is 0 Å². The molecule has 0 aliphatic carbocycles. The summed E-state index contributed by atoms with van der Waals surface area (Å²) in [5.41, 5.74) is -2.15. The van der Waals surface area contributed by atoms with E-state index in [9.17, 15) is 32.9 Å². The summed E-state index contributed by atoms with van der Waals surface area (Å²) in [6.45, 7) is 0.898. The van der Waals surface area contributed by atoms with Gasteiger partial charge in [0.05, 0.1) is 16.1 Å². The molecule has 0 saturated carbocycles. The molecule has 0 bridgehead atoms. The van der Waals surface area contributed by atoms with Gasteiger partial charge in [-0.3, -0.25) is 19.7 Å². The zero-order chi connectivity index (χ0) is 19.5. The number of hydrogen-bond donors (Lipinski definition) is 1. The zero-order valence-electron chi connectivity index (χ0n) is 13.2. The van der Waals surface area contributed by atoms with Crippen LogP contribution in [0, 0.1) is 10.1 Å². The number of benzene rings is 2. The second-order valence-electron chi connectivity index (χ2n) is 5.04. The van der Waals surface area contributed by atoms with Crippen LogP contribution in [-0.4, -0.2) is 16.8 Å². The van der Waals surface area contributed by atoms with Crippen LogP contribution in [0.4, 0.5) is 24.5 Å². The van der Waals surface area contributed by atoms with Crippen LogP contribution in [0.3, 0.4) is 0 Å². The van der Waals surface area contributed by atoms with Crippen molar-refractivity contribution in [1.82, 2.24) is 0 Å². The van der Waals surface area contributed by atoms with Crippen molar-refractivity contribution in [2.24, 2.45) is 0 Å².